The summed E-state index contributed by atoms with van der Waals surface area (Å²) in [5.74, 6) is -0.591. The fourth-order valence-corrected chi connectivity index (χ4v) is 1.17. The molecule has 16 heavy (non-hydrogen) atoms. The molecule has 0 amide bonds. The SMILES string of the molecule is CCCC[C@H](/C=N\NC(N)=S)C(=O)OCC. The van der Waals surface area contributed by atoms with E-state index in [2.05, 4.69) is 29.7 Å². The van der Waals surface area contributed by atoms with Crippen molar-refractivity contribution in [2.75, 3.05) is 6.61 Å². The molecule has 0 bridgehead atoms. The zero-order valence-electron chi connectivity index (χ0n) is 9.73. The highest BCUT2D eigenvalue weighted by Crippen LogP contribution is 2.08. The van der Waals surface area contributed by atoms with Crippen LogP contribution in [0.3, 0.4) is 0 Å². The van der Waals surface area contributed by atoms with E-state index in [-0.39, 0.29) is 17.0 Å². The molecule has 0 aromatic heterocycles. The van der Waals surface area contributed by atoms with Crippen molar-refractivity contribution >= 4 is 29.5 Å². The third-order valence-corrected chi connectivity index (χ3v) is 1.98. The number of hydrogen-bond donors (Lipinski definition) is 2. The van der Waals surface area contributed by atoms with Crippen molar-refractivity contribution in [1.29, 1.82) is 0 Å². The molecule has 0 aliphatic heterocycles. The van der Waals surface area contributed by atoms with E-state index in [1.165, 1.54) is 6.21 Å². The monoisotopic (exact) mass is 245 g/mol. The molecule has 3 N–H and O–H groups in total. The number of ether oxygens (including phenoxy) is 1. The smallest absolute Gasteiger partial charge is 0.314 e. The van der Waals surface area contributed by atoms with Crippen molar-refractivity contribution in [3.05, 3.63) is 0 Å². The maximum Gasteiger partial charge on any atom is 0.314 e. The minimum Gasteiger partial charge on any atom is -0.465 e. The number of nitrogens with one attached hydrogen (secondary N) is 1. The van der Waals surface area contributed by atoms with Gasteiger partial charge in [-0.15, -0.1) is 0 Å². The lowest BCUT2D eigenvalue weighted by Gasteiger charge is -2.10. The van der Waals surface area contributed by atoms with Gasteiger partial charge in [0, 0.05) is 6.21 Å². The lowest BCUT2D eigenvalue weighted by Crippen LogP contribution is -2.26. The Balaban J connectivity index is 4.23. The number of hydrogen-bond acceptors (Lipinski definition) is 4. The fraction of sp³-hybridized carbons (Fsp3) is 0.700. The number of rotatable bonds is 7. The quantitative estimate of drug-likeness (QED) is 0.305. The molecule has 92 valence electrons. The molecule has 0 aliphatic carbocycles. The van der Waals surface area contributed by atoms with Crippen LogP contribution in [0.4, 0.5) is 0 Å². The highest BCUT2D eigenvalue weighted by molar-refractivity contribution is 7.80. The molecule has 6 heteroatoms. The maximum atomic E-state index is 11.5. The number of nitrogens with zero attached hydrogens (tertiary/aromatic N) is 1. The van der Waals surface area contributed by atoms with Crippen LogP contribution in [0.1, 0.15) is 33.1 Å². The topological polar surface area (TPSA) is 76.7 Å². The summed E-state index contributed by atoms with van der Waals surface area (Å²) in [5, 5.41) is 3.86. The second-order valence-corrected chi connectivity index (χ2v) is 3.69. The van der Waals surface area contributed by atoms with Crippen molar-refractivity contribution in [2.45, 2.75) is 33.1 Å². The van der Waals surface area contributed by atoms with Gasteiger partial charge >= 0.3 is 5.97 Å². The molecule has 5 nitrogen and oxygen atoms in total. The normalized spacial score (nSPS) is 12.4. The van der Waals surface area contributed by atoms with Gasteiger partial charge in [0.25, 0.3) is 0 Å². The van der Waals surface area contributed by atoms with E-state index in [1.54, 1.807) is 6.92 Å². The Morgan fingerprint density at radius 2 is 2.31 bits per heavy atom. The summed E-state index contributed by atoms with van der Waals surface area (Å²) in [4.78, 5) is 11.5. The van der Waals surface area contributed by atoms with Gasteiger partial charge in [0.1, 0.15) is 0 Å². The molecule has 0 heterocycles. The van der Waals surface area contributed by atoms with Gasteiger partial charge in [-0.3, -0.25) is 10.2 Å². The Morgan fingerprint density at radius 1 is 1.62 bits per heavy atom. The van der Waals surface area contributed by atoms with Gasteiger partial charge in [0.2, 0.25) is 0 Å². The van der Waals surface area contributed by atoms with E-state index in [0.29, 0.717) is 6.61 Å². The van der Waals surface area contributed by atoms with E-state index in [1.807, 2.05) is 0 Å². The number of unbranched alkanes of at least 4 members (excludes halogenated alkanes) is 1. The predicted octanol–water partition coefficient (Wildman–Crippen LogP) is 1.17. The molecule has 0 aliphatic rings. The molecule has 0 saturated carbocycles. The minimum atomic E-state index is -0.332. The molecule has 0 rings (SSSR count). The van der Waals surface area contributed by atoms with Gasteiger partial charge in [0.15, 0.2) is 5.11 Å². The largest absolute Gasteiger partial charge is 0.465 e. The molecule has 0 fully saturated rings. The van der Waals surface area contributed by atoms with E-state index in [4.69, 9.17) is 10.5 Å². The Hall–Kier alpha value is -1.17. The summed E-state index contributed by atoms with van der Waals surface area (Å²) < 4.78 is 4.94. The number of nitrogens with two attached hydrogens (primary N) is 1. The van der Waals surface area contributed by atoms with Crippen LogP contribution in [-0.4, -0.2) is 23.9 Å². The lowest BCUT2D eigenvalue weighted by atomic mass is 10.0. The lowest BCUT2D eigenvalue weighted by molar-refractivity contribution is -0.145. The zero-order chi connectivity index (χ0) is 12.4. The van der Waals surface area contributed by atoms with Crippen LogP contribution in [0.2, 0.25) is 0 Å². The summed E-state index contributed by atoms with van der Waals surface area (Å²) in [6.45, 7) is 4.21. The van der Waals surface area contributed by atoms with E-state index < -0.39 is 0 Å². The summed E-state index contributed by atoms with van der Waals surface area (Å²) >= 11 is 4.59. The fourth-order valence-electron chi connectivity index (χ4n) is 1.12. The Kier molecular flexibility index (Phi) is 8.42. The third-order valence-electron chi connectivity index (χ3n) is 1.89. The minimum absolute atomic E-state index is 0.0781. The van der Waals surface area contributed by atoms with E-state index >= 15 is 0 Å². The predicted molar refractivity (Wildman–Crippen MR) is 68.1 cm³/mol. The Bertz CT molecular complexity index is 256. The van der Waals surface area contributed by atoms with Gasteiger partial charge in [-0.25, -0.2) is 0 Å². The Labute approximate surface area is 101 Å². The number of esters is 1. The molecule has 0 aromatic carbocycles. The first kappa shape index (κ1) is 14.8. The molecular formula is C10H19N3O2S. The summed E-state index contributed by atoms with van der Waals surface area (Å²) in [6.07, 6.45) is 4.18. The summed E-state index contributed by atoms with van der Waals surface area (Å²) in [6, 6.07) is 0. The van der Waals surface area contributed by atoms with Gasteiger partial charge < -0.3 is 10.5 Å². The maximum absolute atomic E-state index is 11.5. The number of thiocarbonyl (C=S) groups is 1. The first-order valence-corrected chi connectivity index (χ1v) is 5.77. The van der Waals surface area contributed by atoms with Crippen LogP contribution in [0, 0.1) is 5.92 Å². The van der Waals surface area contributed by atoms with Crippen LogP contribution >= 0.6 is 12.2 Å². The summed E-state index contributed by atoms with van der Waals surface area (Å²) in [5.41, 5.74) is 7.62. The molecule has 0 unspecified atom stereocenters. The molecule has 0 aromatic rings. The number of carbonyl (C=O) groups is 1. The van der Waals surface area contributed by atoms with Gasteiger partial charge in [-0.2, -0.15) is 5.10 Å². The van der Waals surface area contributed by atoms with Gasteiger partial charge in [-0.1, -0.05) is 19.8 Å². The van der Waals surface area contributed by atoms with Crippen LogP contribution in [0.5, 0.6) is 0 Å². The second kappa shape index (κ2) is 9.08. The second-order valence-electron chi connectivity index (χ2n) is 3.25. The number of hydrazone groups is 1. The van der Waals surface area contributed by atoms with Crippen molar-refractivity contribution < 1.29 is 9.53 Å². The third kappa shape index (κ3) is 7.17. The van der Waals surface area contributed by atoms with Crippen LogP contribution in [-0.2, 0) is 9.53 Å². The molecule has 0 spiro atoms. The molecule has 0 saturated heterocycles. The van der Waals surface area contributed by atoms with E-state index in [0.717, 1.165) is 19.3 Å². The van der Waals surface area contributed by atoms with Crippen LogP contribution < -0.4 is 11.2 Å². The van der Waals surface area contributed by atoms with Crippen molar-refractivity contribution in [3.63, 3.8) is 0 Å². The van der Waals surface area contributed by atoms with Crippen molar-refractivity contribution in [2.24, 2.45) is 16.8 Å². The van der Waals surface area contributed by atoms with Gasteiger partial charge in [0.05, 0.1) is 12.5 Å². The highest BCUT2D eigenvalue weighted by atomic mass is 32.1. The standard InChI is InChI=1S/C10H19N3O2S/c1-3-5-6-8(9(14)15-4-2)7-12-13-10(11)16/h7-8H,3-6H2,1-2H3,(H3,11,13,16)/b12-7-/t8-/m1/s1. The average Bonchev–Trinajstić information content (AvgIpc) is 2.22. The molecule has 0 radical (unpaired) electrons. The first-order chi connectivity index (χ1) is 7.61. The van der Waals surface area contributed by atoms with Crippen molar-refractivity contribution in [3.8, 4) is 0 Å². The van der Waals surface area contributed by atoms with E-state index in [9.17, 15) is 4.79 Å². The zero-order valence-corrected chi connectivity index (χ0v) is 10.5. The number of carbonyl (C=O) groups excluding carboxylic acids is 1. The Morgan fingerprint density at radius 3 is 2.81 bits per heavy atom. The van der Waals surface area contributed by atoms with Gasteiger partial charge in [-0.05, 0) is 25.6 Å². The molecular weight excluding hydrogens is 226 g/mol. The first-order valence-electron chi connectivity index (χ1n) is 5.37. The summed E-state index contributed by atoms with van der Waals surface area (Å²) in [7, 11) is 0. The average molecular weight is 245 g/mol. The highest BCUT2D eigenvalue weighted by Gasteiger charge is 2.16. The molecule has 1 atom stereocenters. The van der Waals surface area contributed by atoms with Crippen molar-refractivity contribution in [1.82, 2.24) is 5.43 Å². The van der Waals surface area contributed by atoms with Crippen LogP contribution in [0.15, 0.2) is 5.10 Å². The van der Waals surface area contributed by atoms with Crippen LogP contribution in [0.25, 0.3) is 0 Å².